The lowest BCUT2D eigenvalue weighted by Gasteiger charge is -2.21. The molecule has 3 amide bonds. The minimum absolute atomic E-state index is 0.0641. The van der Waals surface area contributed by atoms with Gasteiger partial charge >= 0.3 is 0 Å². The lowest BCUT2D eigenvalue weighted by molar-refractivity contribution is -0.130. The van der Waals surface area contributed by atoms with Gasteiger partial charge in [-0.2, -0.15) is 0 Å². The number of carbonyl (C=O) groups is 4. The van der Waals surface area contributed by atoms with Gasteiger partial charge in [0.2, 0.25) is 5.91 Å². The van der Waals surface area contributed by atoms with Crippen molar-refractivity contribution in [2.24, 2.45) is 5.41 Å². The van der Waals surface area contributed by atoms with Crippen molar-refractivity contribution in [3.05, 3.63) is 0 Å². The first-order valence-corrected chi connectivity index (χ1v) is 11.0. The molecule has 7 nitrogen and oxygen atoms in total. The molecule has 0 aromatic rings. The average molecular weight is 585 g/mol. The number of hydrogen-bond acceptors (Lipinski definition) is 6. The van der Waals surface area contributed by atoms with Gasteiger partial charge in [0.15, 0.2) is 13.9 Å². The fourth-order valence-electron chi connectivity index (χ4n) is 1.60. The van der Waals surface area contributed by atoms with Crippen LogP contribution in [-0.4, -0.2) is 37.0 Å². The Morgan fingerprint density at radius 1 is 1.04 bits per heavy atom. The predicted octanol–water partition coefficient (Wildman–Crippen LogP) is 1.15. The Kier molecular flexibility index (Phi) is 8.40. The van der Waals surface area contributed by atoms with Gasteiger partial charge in [-0.15, -0.1) is 11.7 Å². The average Bonchev–Trinajstić information content (AvgIpc) is 3.21. The molecule has 0 spiro atoms. The van der Waals surface area contributed by atoms with Crippen LogP contribution in [0.5, 0.6) is 0 Å². The van der Waals surface area contributed by atoms with E-state index >= 15 is 0 Å². The minimum atomic E-state index is -0.867. The summed E-state index contributed by atoms with van der Waals surface area (Å²) >= 11 is 7.55. The molecule has 0 radical (unpaired) electrons. The van der Waals surface area contributed by atoms with E-state index in [2.05, 4.69) is 27.6 Å². The summed E-state index contributed by atoms with van der Waals surface area (Å²) in [5.41, 5.74) is -0.379. The molecule has 1 fully saturated rings. The SMILES string of the molecule is CC(=O)NC(I)C(=O)NC(I)C(=O)NC(SS)C(=O)C1(C)CC1. The van der Waals surface area contributed by atoms with Gasteiger partial charge in [-0.3, -0.25) is 19.2 Å². The first kappa shape index (κ1) is 21.3. The lowest BCUT2D eigenvalue weighted by atomic mass is 10.0. The molecular weight excluding hydrogens is 568 g/mol. The van der Waals surface area contributed by atoms with E-state index in [1.165, 1.54) is 6.92 Å². The van der Waals surface area contributed by atoms with Crippen LogP contribution in [0, 0.1) is 5.41 Å². The number of alkyl halides is 2. The van der Waals surface area contributed by atoms with Crippen molar-refractivity contribution in [1.82, 2.24) is 16.0 Å². The van der Waals surface area contributed by atoms with E-state index in [0.29, 0.717) is 0 Å². The Labute approximate surface area is 170 Å². The molecule has 0 aliphatic heterocycles. The molecule has 3 N–H and O–H groups in total. The third kappa shape index (κ3) is 6.57. The van der Waals surface area contributed by atoms with Gasteiger partial charge in [0.05, 0.1) is 0 Å². The number of carbonyl (C=O) groups excluding carboxylic acids is 4. The van der Waals surface area contributed by atoms with Crippen LogP contribution >= 0.6 is 67.6 Å². The van der Waals surface area contributed by atoms with E-state index in [-0.39, 0.29) is 17.1 Å². The molecule has 3 unspecified atom stereocenters. The summed E-state index contributed by atoms with van der Waals surface area (Å²) in [5, 5.41) is 6.72. The Morgan fingerprint density at radius 2 is 1.52 bits per heavy atom. The maximum absolute atomic E-state index is 12.2. The van der Waals surface area contributed by atoms with Crippen LogP contribution < -0.4 is 16.0 Å². The van der Waals surface area contributed by atoms with Crippen LogP contribution in [0.1, 0.15) is 26.7 Å². The summed E-state index contributed by atoms with van der Waals surface area (Å²) < 4.78 is -1.65. The second kappa shape index (κ2) is 9.08. The number of amides is 3. The van der Waals surface area contributed by atoms with Gasteiger partial charge in [0, 0.05) is 12.3 Å². The summed E-state index contributed by atoms with van der Waals surface area (Å²) in [5.74, 6) is -1.39. The maximum atomic E-state index is 12.2. The van der Waals surface area contributed by atoms with E-state index in [0.717, 1.165) is 23.6 Å². The van der Waals surface area contributed by atoms with E-state index in [1.54, 1.807) is 45.2 Å². The first-order chi connectivity index (χ1) is 10.6. The van der Waals surface area contributed by atoms with Gasteiger partial charge in [0.25, 0.3) is 11.8 Å². The van der Waals surface area contributed by atoms with Crippen molar-refractivity contribution >= 4 is 91.1 Å². The van der Waals surface area contributed by atoms with Crippen LogP contribution in [-0.2, 0) is 19.2 Å². The van der Waals surface area contributed by atoms with E-state index in [9.17, 15) is 19.2 Å². The molecule has 11 heteroatoms. The Hall–Kier alpha value is 0.240. The topological polar surface area (TPSA) is 104 Å². The van der Waals surface area contributed by atoms with Crippen LogP contribution in [0.3, 0.4) is 0 Å². The van der Waals surface area contributed by atoms with E-state index in [1.807, 2.05) is 6.92 Å². The molecule has 1 saturated carbocycles. The number of thiol groups is 1. The number of halogens is 2. The predicted molar refractivity (Wildman–Crippen MR) is 108 cm³/mol. The van der Waals surface area contributed by atoms with Crippen molar-refractivity contribution in [1.29, 1.82) is 0 Å². The van der Waals surface area contributed by atoms with E-state index < -0.39 is 25.3 Å². The summed E-state index contributed by atoms with van der Waals surface area (Å²) in [6.07, 6.45) is 1.62. The fourth-order valence-corrected chi connectivity index (χ4v) is 3.70. The van der Waals surface area contributed by atoms with E-state index in [4.69, 9.17) is 0 Å². The summed E-state index contributed by atoms with van der Waals surface area (Å²) in [6.45, 7) is 3.15. The van der Waals surface area contributed by atoms with Crippen molar-refractivity contribution in [3.63, 3.8) is 0 Å². The van der Waals surface area contributed by atoms with Crippen molar-refractivity contribution in [2.45, 2.75) is 40.2 Å². The molecule has 23 heavy (non-hydrogen) atoms. The molecule has 1 aliphatic carbocycles. The van der Waals surface area contributed by atoms with Crippen molar-refractivity contribution < 1.29 is 19.2 Å². The number of rotatable bonds is 8. The molecule has 1 rings (SSSR count). The quantitative estimate of drug-likeness (QED) is 0.0856. The molecule has 0 aromatic heterocycles. The highest BCUT2D eigenvalue weighted by Crippen LogP contribution is 2.47. The first-order valence-electron chi connectivity index (χ1n) is 6.61. The van der Waals surface area contributed by atoms with Crippen LogP contribution in [0.4, 0.5) is 0 Å². The van der Waals surface area contributed by atoms with Crippen molar-refractivity contribution in [2.75, 3.05) is 0 Å². The Morgan fingerprint density at radius 3 is 1.96 bits per heavy atom. The smallest absolute Gasteiger partial charge is 0.254 e. The van der Waals surface area contributed by atoms with Gasteiger partial charge < -0.3 is 16.0 Å². The summed E-state index contributed by atoms with van der Waals surface area (Å²) in [6, 6.07) is 0. The fraction of sp³-hybridized carbons (Fsp3) is 0.667. The summed E-state index contributed by atoms with van der Waals surface area (Å²) in [7, 11) is 0.963. The van der Waals surface area contributed by atoms with Gasteiger partial charge in [-0.25, -0.2) is 0 Å². The second-order valence-electron chi connectivity index (χ2n) is 5.35. The van der Waals surface area contributed by atoms with Crippen LogP contribution in [0.15, 0.2) is 0 Å². The Bertz CT molecular complexity index is 517. The lowest BCUT2D eigenvalue weighted by Crippen LogP contribution is -2.51. The molecule has 0 aromatic carbocycles. The Balaban J connectivity index is 2.53. The number of Topliss-reactive ketones (excluding diaryl/α,β-unsaturated/α-hetero) is 1. The zero-order valence-corrected chi connectivity index (χ0v) is 18.4. The van der Waals surface area contributed by atoms with Crippen molar-refractivity contribution in [3.8, 4) is 0 Å². The number of hydrogen-bond donors (Lipinski definition) is 4. The molecule has 1 aliphatic rings. The molecule has 0 bridgehead atoms. The largest absolute Gasteiger partial charge is 0.336 e. The zero-order chi connectivity index (χ0) is 17.8. The standard InChI is InChI=1S/C12H17I2N3O4S2/c1-5(18)15-7(13)9(20)16-8(14)10(21)17-11(23-22)6(19)12(2)3-4-12/h7-8,11,22H,3-4H2,1-2H3,(H,15,18)(H,16,20)(H,17,21). The highest BCUT2D eigenvalue weighted by Gasteiger charge is 2.48. The maximum Gasteiger partial charge on any atom is 0.254 e. The second-order valence-corrected chi connectivity index (χ2v) is 9.16. The molecule has 3 atom stereocenters. The van der Waals surface area contributed by atoms with Gasteiger partial charge in [-0.1, -0.05) is 17.7 Å². The minimum Gasteiger partial charge on any atom is -0.336 e. The zero-order valence-electron chi connectivity index (χ0n) is 12.4. The van der Waals surface area contributed by atoms with Crippen LogP contribution in [0.25, 0.3) is 0 Å². The highest BCUT2D eigenvalue weighted by molar-refractivity contribution is 14.1. The third-order valence-corrected chi connectivity index (χ3v) is 6.20. The normalized spacial score (nSPS) is 19.0. The molecule has 130 valence electrons. The van der Waals surface area contributed by atoms with Gasteiger partial charge in [-0.05, 0) is 58.0 Å². The monoisotopic (exact) mass is 585 g/mol. The summed E-state index contributed by atoms with van der Waals surface area (Å²) in [4.78, 5) is 47.1. The molecule has 0 heterocycles. The molecular formula is C12H17I2N3O4S2. The highest BCUT2D eigenvalue weighted by atomic mass is 127. The van der Waals surface area contributed by atoms with Crippen LogP contribution in [0.2, 0.25) is 0 Å². The number of nitrogens with one attached hydrogen (secondary N) is 3. The molecule has 0 saturated heterocycles. The van der Waals surface area contributed by atoms with Gasteiger partial charge in [0.1, 0.15) is 5.37 Å². The third-order valence-electron chi connectivity index (χ3n) is 3.27. The number of ketones is 1.